The summed E-state index contributed by atoms with van der Waals surface area (Å²) < 4.78 is 0. The zero-order valence-electron chi connectivity index (χ0n) is 23.5. The number of carboxylic acid groups (broad SMARTS) is 1. The maximum atomic E-state index is 14.6. The first-order valence-electron chi connectivity index (χ1n) is 14.2. The molecule has 220 valence electrons. The topological polar surface area (TPSA) is 124 Å². The number of carbonyl (C=O) groups is 2. The molecule has 9 heteroatoms. The third-order valence-corrected chi connectivity index (χ3v) is 7.89. The number of nitro benzene ring substituents is 1. The molecule has 9 nitrogen and oxygen atoms in total. The van der Waals surface area contributed by atoms with Crippen LogP contribution in [0.2, 0.25) is 0 Å². The molecular formula is C34H33N3O6. The summed E-state index contributed by atoms with van der Waals surface area (Å²) in [7, 11) is 0. The minimum absolute atomic E-state index is 0.0544. The Morgan fingerprint density at radius 2 is 1.33 bits per heavy atom. The molecule has 2 amide bonds. The Bertz CT molecular complexity index is 1580. The molecule has 2 N–H and O–H groups in total. The highest BCUT2D eigenvalue weighted by Crippen LogP contribution is 2.30. The van der Waals surface area contributed by atoms with E-state index in [2.05, 4.69) is 0 Å². The summed E-state index contributed by atoms with van der Waals surface area (Å²) in [5, 5.41) is 32.8. The number of aromatic carboxylic acids is 1. The van der Waals surface area contributed by atoms with E-state index >= 15 is 0 Å². The Balaban J connectivity index is 1.57. The number of aliphatic hydroxyl groups is 1. The van der Waals surface area contributed by atoms with Gasteiger partial charge in [0.1, 0.15) is 0 Å². The number of aliphatic hydroxyl groups excluding tert-OH is 1. The quantitative estimate of drug-likeness (QED) is 0.183. The van der Waals surface area contributed by atoms with Crippen LogP contribution in [0.25, 0.3) is 0 Å². The molecule has 4 aromatic carbocycles. The van der Waals surface area contributed by atoms with Crippen molar-refractivity contribution in [1.82, 2.24) is 9.80 Å². The van der Waals surface area contributed by atoms with Crippen molar-refractivity contribution >= 4 is 17.7 Å². The molecule has 4 aromatic rings. The van der Waals surface area contributed by atoms with E-state index in [1.807, 2.05) is 60.7 Å². The van der Waals surface area contributed by atoms with Gasteiger partial charge in [0.25, 0.3) is 5.69 Å². The average molecular weight is 580 g/mol. The van der Waals surface area contributed by atoms with Crippen LogP contribution in [0, 0.1) is 10.1 Å². The van der Waals surface area contributed by atoms with Crippen molar-refractivity contribution in [2.75, 3.05) is 0 Å². The van der Waals surface area contributed by atoms with Crippen molar-refractivity contribution in [3.8, 4) is 0 Å². The first-order chi connectivity index (χ1) is 20.8. The van der Waals surface area contributed by atoms with Crippen LogP contribution in [-0.4, -0.2) is 55.1 Å². The van der Waals surface area contributed by atoms with Gasteiger partial charge in [0.15, 0.2) is 0 Å². The van der Waals surface area contributed by atoms with Gasteiger partial charge in [-0.3, -0.25) is 10.1 Å². The van der Waals surface area contributed by atoms with Gasteiger partial charge >= 0.3 is 12.0 Å². The van der Waals surface area contributed by atoms with Crippen molar-refractivity contribution < 1.29 is 24.7 Å². The van der Waals surface area contributed by atoms with Crippen LogP contribution >= 0.6 is 0 Å². The summed E-state index contributed by atoms with van der Waals surface area (Å²) >= 11 is 0. The lowest BCUT2D eigenvalue weighted by molar-refractivity contribution is -0.384. The highest BCUT2D eigenvalue weighted by Gasteiger charge is 2.41. The normalized spacial score (nSPS) is 18.7. The number of urea groups is 1. The maximum Gasteiger partial charge on any atom is 0.335 e. The Kier molecular flexibility index (Phi) is 9.12. The molecular weight excluding hydrogens is 546 g/mol. The fourth-order valence-corrected chi connectivity index (χ4v) is 5.76. The molecule has 3 atom stereocenters. The van der Waals surface area contributed by atoms with E-state index in [0.717, 1.165) is 11.1 Å². The summed E-state index contributed by atoms with van der Waals surface area (Å²) in [6.45, 7) is 0.187. The SMILES string of the molecule is O=C(O)c1cccc(CN2C(=O)N(Cc3cccc([N+](=O)[O-])c3)[C@H](Cc3ccccc3)[C@H](O)CC2Cc2ccccc2)c1. The van der Waals surface area contributed by atoms with Crippen LogP contribution in [0.5, 0.6) is 0 Å². The van der Waals surface area contributed by atoms with Crippen LogP contribution in [0.4, 0.5) is 10.5 Å². The first-order valence-corrected chi connectivity index (χ1v) is 14.2. The molecule has 43 heavy (non-hydrogen) atoms. The Hall–Kier alpha value is -5.02. The van der Waals surface area contributed by atoms with E-state index < -0.39 is 29.1 Å². The molecule has 1 saturated heterocycles. The van der Waals surface area contributed by atoms with E-state index in [1.54, 1.807) is 40.1 Å². The summed E-state index contributed by atoms with van der Waals surface area (Å²) in [5.41, 5.74) is 3.22. The monoisotopic (exact) mass is 579 g/mol. The molecule has 1 aliphatic heterocycles. The highest BCUT2D eigenvalue weighted by molar-refractivity contribution is 5.87. The number of nitrogens with zero attached hydrogens (tertiary/aromatic N) is 3. The number of rotatable bonds is 10. The van der Waals surface area contributed by atoms with Gasteiger partial charge < -0.3 is 20.0 Å². The Morgan fingerprint density at radius 3 is 1.95 bits per heavy atom. The molecule has 0 bridgehead atoms. The highest BCUT2D eigenvalue weighted by atomic mass is 16.6. The van der Waals surface area contributed by atoms with Gasteiger partial charge in [0, 0.05) is 31.3 Å². The molecule has 0 radical (unpaired) electrons. The second-order valence-corrected chi connectivity index (χ2v) is 10.9. The van der Waals surface area contributed by atoms with Gasteiger partial charge in [0.2, 0.25) is 0 Å². The molecule has 0 aliphatic carbocycles. The molecule has 0 spiro atoms. The summed E-state index contributed by atoms with van der Waals surface area (Å²) in [5.74, 6) is -1.06. The molecule has 1 heterocycles. The second-order valence-electron chi connectivity index (χ2n) is 10.9. The summed E-state index contributed by atoms with van der Waals surface area (Å²) in [4.78, 5) is 40.7. The fraction of sp³-hybridized carbons (Fsp3) is 0.235. The number of amides is 2. The van der Waals surface area contributed by atoms with E-state index in [9.17, 15) is 29.9 Å². The van der Waals surface area contributed by atoms with Crippen LogP contribution in [0.3, 0.4) is 0 Å². The lowest BCUT2D eigenvalue weighted by Crippen LogP contribution is -2.50. The van der Waals surface area contributed by atoms with Crippen molar-refractivity contribution in [2.45, 2.75) is 50.5 Å². The van der Waals surface area contributed by atoms with Gasteiger partial charge in [-0.15, -0.1) is 0 Å². The van der Waals surface area contributed by atoms with Gasteiger partial charge in [-0.2, -0.15) is 0 Å². The van der Waals surface area contributed by atoms with Crippen molar-refractivity contribution in [2.24, 2.45) is 0 Å². The van der Waals surface area contributed by atoms with Crippen molar-refractivity contribution in [3.63, 3.8) is 0 Å². The van der Waals surface area contributed by atoms with E-state index in [0.29, 0.717) is 30.4 Å². The predicted octanol–water partition coefficient (Wildman–Crippen LogP) is 5.70. The number of nitro groups is 1. The van der Waals surface area contributed by atoms with Crippen LogP contribution < -0.4 is 0 Å². The minimum atomic E-state index is -1.06. The molecule has 1 fully saturated rings. The minimum Gasteiger partial charge on any atom is -0.478 e. The molecule has 5 rings (SSSR count). The Morgan fingerprint density at radius 1 is 0.767 bits per heavy atom. The van der Waals surface area contributed by atoms with E-state index in [1.165, 1.54) is 18.2 Å². The summed E-state index contributed by atoms with van der Waals surface area (Å²) in [6.07, 6.45) is 0.280. The van der Waals surface area contributed by atoms with Gasteiger partial charge in [0.05, 0.1) is 22.6 Å². The smallest absolute Gasteiger partial charge is 0.335 e. The number of carboxylic acids is 1. The average Bonchev–Trinajstić information content (AvgIpc) is 3.09. The number of carbonyl (C=O) groups excluding carboxylic acids is 1. The molecule has 1 unspecified atom stereocenters. The number of benzene rings is 4. The van der Waals surface area contributed by atoms with Gasteiger partial charge in [-0.1, -0.05) is 84.9 Å². The molecule has 0 aromatic heterocycles. The number of hydrogen-bond donors (Lipinski definition) is 2. The standard InChI is InChI=1S/C34H33N3O6/c38-32-21-30(18-24-9-3-1-4-10-24)35(22-26-13-7-15-28(17-26)33(39)40)34(41)36(31(32)20-25-11-5-2-6-12-25)23-27-14-8-16-29(19-27)37(42)43/h1-17,19,30-32,38H,18,20-23H2,(H,39,40)/t30?,31-,32-/m1/s1. The lowest BCUT2D eigenvalue weighted by Gasteiger charge is -2.36. The maximum absolute atomic E-state index is 14.6. The van der Waals surface area contributed by atoms with E-state index in [-0.39, 0.29) is 30.4 Å². The zero-order valence-corrected chi connectivity index (χ0v) is 23.5. The van der Waals surface area contributed by atoms with Crippen LogP contribution in [-0.2, 0) is 25.9 Å². The second kappa shape index (κ2) is 13.3. The number of hydrogen-bond acceptors (Lipinski definition) is 5. The third kappa shape index (κ3) is 7.25. The molecule has 0 saturated carbocycles. The summed E-state index contributed by atoms with van der Waals surface area (Å²) in [6, 6.07) is 30.7. The largest absolute Gasteiger partial charge is 0.478 e. The zero-order chi connectivity index (χ0) is 30.3. The fourth-order valence-electron chi connectivity index (χ4n) is 5.76. The van der Waals surface area contributed by atoms with Crippen LogP contribution in [0.15, 0.2) is 109 Å². The third-order valence-electron chi connectivity index (χ3n) is 7.89. The van der Waals surface area contributed by atoms with Gasteiger partial charge in [-0.05, 0) is 53.6 Å². The first kappa shape index (κ1) is 29.5. The Labute approximate surface area is 249 Å². The lowest BCUT2D eigenvalue weighted by atomic mass is 9.93. The van der Waals surface area contributed by atoms with Crippen LogP contribution in [0.1, 0.15) is 39.0 Å². The number of non-ortho nitro benzene ring substituents is 1. The predicted molar refractivity (Wildman–Crippen MR) is 161 cm³/mol. The van der Waals surface area contributed by atoms with Gasteiger partial charge in [-0.25, -0.2) is 9.59 Å². The van der Waals surface area contributed by atoms with E-state index in [4.69, 9.17) is 0 Å². The molecule has 1 aliphatic rings. The van der Waals surface area contributed by atoms with Crippen molar-refractivity contribution in [3.05, 3.63) is 147 Å². The van der Waals surface area contributed by atoms with Crippen molar-refractivity contribution in [1.29, 1.82) is 0 Å².